The molecule has 2 aliphatic rings. The summed E-state index contributed by atoms with van der Waals surface area (Å²) in [6, 6.07) is 8.15. The van der Waals surface area contributed by atoms with E-state index in [1.54, 1.807) is 6.20 Å². The molecule has 7 heteroatoms. The Labute approximate surface area is 207 Å². The normalized spacial score (nSPS) is 18.3. The lowest BCUT2D eigenvalue weighted by atomic mass is 10.0. The highest BCUT2D eigenvalue weighted by Crippen LogP contribution is 2.30. The number of hydrazone groups is 1. The predicted molar refractivity (Wildman–Crippen MR) is 146 cm³/mol. The van der Waals surface area contributed by atoms with Gasteiger partial charge in [0.1, 0.15) is 0 Å². The maximum absolute atomic E-state index is 4.82. The molecule has 0 radical (unpaired) electrons. The van der Waals surface area contributed by atoms with Crippen molar-refractivity contribution in [2.24, 2.45) is 11.0 Å². The van der Waals surface area contributed by atoms with Gasteiger partial charge in [-0.15, -0.1) is 0 Å². The van der Waals surface area contributed by atoms with E-state index in [0.717, 1.165) is 53.9 Å². The third-order valence-electron chi connectivity index (χ3n) is 6.94. The molecule has 2 aromatic heterocycles. The van der Waals surface area contributed by atoms with E-state index in [4.69, 9.17) is 10.1 Å². The first kappa shape index (κ1) is 23.3. The van der Waals surface area contributed by atoms with Crippen LogP contribution in [-0.2, 0) is 0 Å². The Kier molecular flexibility index (Phi) is 6.95. The molecule has 1 unspecified atom stereocenters. The summed E-state index contributed by atoms with van der Waals surface area (Å²) in [7, 11) is 0. The molecule has 182 valence electrons. The van der Waals surface area contributed by atoms with E-state index in [2.05, 4.69) is 65.0 Å². The molecule has 1 saturated heterocycles. The summed E-state index contributed by atoms with van der Waals surface area (Å²) in [4.78, 5) is 15.1. The van der Waals surface area contributed by atoms with Crippen LogP contribution in [0.25, 0.3) is 16.5 Å². The number of hydrogen-bond acceptors (Lipinski definition) is 6. The Bertz CT molecular complexity index is 1250. The molecule has 7 nitrogen and oxygen atoms in total. The lowest BCUT2D eigenvalue weighted by molar-refractivity contribution is 0.327. The van der Waals surface area contributed by atoms with E-state index >= 15 is 0 Å². The van der Waals surface area contributed by atoms with Crippen LogP contribution in [0.5, 0.6) is 0 Å². The van der Waals surface area contributed by atoms with Gasteiger partial charge in [-0.2, -0.15) is 10.1 Å². The Morgan fingerprint density at radius 2 is 2.09 bits per heavy atom. The van der Waals surface area contributed by atoms with Crippen LogP contribution >= 0.6 is 0 Å². The van der Waals surface area contributed by atoms with E-state index < -0.39 is 0 Å². The van der Waals surface area contributed by atoms with E-state index in [1.807, 2.05) is 23.3 Å². The number of anilines is 3. The first-order valence-electron chi connectivity index (χ1n) is 12.7. The number of fused-ring (bicyclic) bond motifs is 1. The van der Waals surface area contributed by atoms with Crippen LogP contribution in [0, 0.1) is 5.92 Å². The van der Waals surface area contributed by atoms with Crippen molar-refractivity contribution in [3.63, 3.8) is 0 Å². The lowest BCUT2D eigenvalue weighted by Gasteiger charge is -2.26. The second-order valence-electron chi connectivity index (χ2n) is 9.57. The average molecular weight is 470 g/mol. The quantitative estimate of drug-likeness (QED) is 0.383. The molecule has 1 aromatic carbocycles. The Morgan fingerprint density at radius 1 is 1.23 bits per heavy atom. The average Bonchev–Trinajstić information content (AvgIpc) is 3.54. The first-order chi connectivity index (χ1) is 17.1. The van der Waals surface area contributed by atoms with Crippen molar-refractivity contribution in [3.8, 4) is 0 Å². The minimum absolute atomic E-state index is 0.359. The van der Waals surface area contributed by atoms with Gasteiger partial charge in [0.2, 0.25) is 5.95 Å². The number of nitrogens with zero attached hydrogens (tertiary/aromatic N) is 5. The number of benzene rings is 1. The second-order valence-corrected chi connectivity index (χ2v) is 9.57. The van der Waals surface area contributed by atoms with E-state index in [0.29, 0.717) is 11.9 Å². The highest BCUT2D eigenvalue weighted by Gasteiger charge is 2.21. The molecule has 0 amide bonds. The molecule has 3 aromatic rings. The zero-order chi connectivity index (χ0) is 24.2. The monoisotopic (exact) mass is 469 g/mol. The standard InChI is InChI=1S/C28H35N7/c1-4-5-8-20(2)25-18-30-26-10-9-23(17-24(25)26)31-28-29-13-11-27(32-28)35-16-12-22(21(3)33-35)19-34-14-6-7-15-34/h9-13,16-18,22,30H,2,4-8,14-15,19H2,1,3H3,(H,29,31,32). The van der Waals surface area contributed by atoms with Crippen LogP contribution in [0.4, 0.5) is 17.5 Å². The van der Waals surface area contributed by atoms with Crippen molar-refractivity contribution in [1.29, 1.82) is 0 Å². The summed E-state index contributed by atoms with van der Waals surface area (Å²) in [6.45, 7) is 12.1. The van der Waals surface area contributed by atoms with Gasteiger partial charge in [0.15, 0.2) is 5.82 Å². The number of unbranched alkanes of at least 4 members (excludes halogenated alkanes) is 1. The molecule has 1 fully saturated rings. The molecule has 5 rings (SSSR count). The summed E-state index contributed by atoms with van der Waals surface area (Å²) in [5.41, 5.74) is 5.50. The van der Waals surface area contributed by atoms with Crippen LogP contribution in [-0.4, -0.2) is 45.2 Å². The molecule has 0 aliphatic carbocycles. The van der Waals surface area contributed by atoms with Gasteiger partial charge in [-0.05, 0) is 69.5 Å². The molecular formula is C28H35N7. The fraction of sp³-hybridized carbons (Fsp3) is 0.393. The van der Waals surface area contributed by atoms with Gasteiger partial charge in [0, 0.05) is 65.0 Å². The fourth-order valence-corrected chi connectivity index (χ4v) is 4.85. The van der Waals surface area contributed by atoms with Crippen LogP contribution in [0.15, 0.2) is 60.6 Å². The minimum Gasteiger partial charge on any atom is -0.361 e. The van der Waals surface area contributed by atoms with Crippen molar-refractivity contribution in [2.45, 2.75) is 46.0 Å². The van der Waals surface area contributed by atoms with Crippen molar-refractivity contribution >= 4 is 39.6 Å². The summed E-state index contributed by atoms with van der Waals surface area (Å²) < 4.78 is 0. The van der Waals surface area contributed by atoms with Crippen molar-refractivity contribution in [2.75, 3.05) is 30.0 Å². The highest BCUT2D eigenvalue weighted by atomic mass is 15.5. The number of hydrogen-bond donors (Lipinski definition) is 2. The summed E-state index contributed by atoms with van der Waals surface area (Å²) >= 11 is 0. The minimum atomic E-state index is 0.359. The number of aromatic amines is 1. The van der Waals surface area contributed by atoms with Crippen LogP contribution < -0.4 is 10.3 Å². The zero-order valence-corrected chi connectivity index (χ0v) is 20.8. The van der Waals surface area contributed by atoms with Gasteiger partial charge in [-0.25, -0.2) is 9.99 Å². The maximum Gasteiger partial charge on any atom is 0.229 e. The van der Waals surface area contributed by atoms with E-state index in [9.17, 15) is 0 Å². The summed E-state index contributed by atoms with van der Waals surface area (Å²) in [5.74, 6) is 1.65. The Balaban J connectivity index is 1.30. The fourth-order valence-electron chi connectivity index (χ4n) is 4.85. The predicted octanol–water partition coefficient (Wildman–Crippen LogP) is 6.33. The molecule has 0 spiro atoms. The van der Waals surface area contributed by atoms with Crippen LogP contribution in [0.1, 0.15) is 51.5 Å². The topological polar surface area (TPSA) is 72.4 Å². The number of allylic oxidation sites excluding steroid dienone is 1. The molecular weight excluding hydrogens is 434 g/mol. The molecule has 2 N–H and O–H groups in total. The second kappa shape index (κ2) is 10.4. The number of rotatable bonds is 9. The Morgan fingerprint density at radius 3 is 2.89 bits per heavy atom. The van der Waals surface area contributed by atoms with Crippen LogP contribution in [0.3, 0.4) is 0 Å². The van der Waals surface area contributed by atoms with Crippen molar-refractivity contribution in [3.05, 3.63) is 61.1 Å². The largest absolute Gasteiger partial charge is 0.361 e. The van der Waals surface area contributed by atoms with Gasteiger partial charge >= 0.3 is 0 Å². The highest BCUT2D eigenvalue weighted by molar-refractivity contribution is 5.94. The van der Waals surface area contributed by atoms with E-state index in [1.165, 1.54) is 37.1 Å². The number of aromatic nitrogens is 3. The number of likely N-dealkylation sites (tertiary alicyclic amines) is 1. The van der Waals surface area contributed by atoms with Crippen molar-refractivity contribution < 1.29 is 0 Å². The summed E-state index contributed by atoms with van der Waals surface area (Å²) in [6.07, 6.45) is 14.0. The van der Waals surface area contributed by atoms with E-state index in [-0.39, 0.29) is 0 Å². The van der Waals surface area contributed by atoms with Gasteiger partial charge in [-0.3, -0.25) is 0 Å². The molecule has 0 bridgehead atoms. The third kappa shape index (κ3) is 5.30. The van der Waals surface area contributed by atoms with Crippen LogP contribution in [0.2, 0.25) is 0 Å². The smallest absolute Gasteiger partial charge is 0.229 e. The SMILES string of the molecule is C=C(CCCC)c1c[nH]c2ccc(Nc3nccc(N4C=CC(CN5CCCC5)C(C)=N4)n3)cc12. The lowest BCUT2D eigenvalue weighted by Crippen LogP contribution is -2.32. The first-order valence-corrected chi connectivity index (χ1v) is 12.7. The van der Waals surface area contributed by atoms with Gasteiger partial charge in [0.05, 0.1) is 0 Å². The molecule has 0 saturated carbocycles. The Hall–Kier alpha value is -3.45. The zero-order valence-electron chi connectivity index (χ0n) is 20.8. The third-order valence-corrected chi connectivity index (χ3v) is 6.94. The molecule has 2 aliphatic heterocycles. The summed E-state index contributed by atoms with van der Waals surface area (Å²) in [5, 5.41) is 11.2. The molecule has 35 heavy (non-hydrogen) atoms. The number of H-pyrrole nitrogens is 1. The maximum atomic E-state index is 4.82. The molecule has 1 atom stereocenters. The van der Waals surface area contributed by atoms with Crippen molar-refractivity contribution in [1.82, 2.24) is 19.9 Å². The molecule has 4 heterocycles. The number of nitrogens with one attached hydrogen (secondary N) is 2. The van der Waals surface area contributed by atoms with Gasteiger partial charge in [0.25, 0.3) is 0 Å². The van der Waals surface area contributed by atoms with Gasteiger partial charge < -0.3 is 15.2 Å². The van der Waals surface area contributed by atoms with Gasteiger partial charge in [-0.1, -0.05) is 26.0 Å².